The molecule has 1 heterocycles. The molecule has 0 aliphatic carbocycles. The highest BCUT2D eigenvalue weighted by atomic mass is 35.5. The fourth-order valence-electron chi connectivity index (χ4n) is 2.15. The molecule has 3 rings (SSSR count). The van der Waals surface area contributed by atoms with E-state index in [0.29, 0.717) is 27.0 Å². The van der Waals surface area contributed by atoms with Gasteiger partial charge in [-0.3, -0.25) is 0 Å². The van der Waals surface area contributed by atoms with Crippen LogP contribution < -0.4 is 10.2 Å². The summed E-state index contributed by atoms with van der Waals surface area (Å²) in [6.07, 6.45) is 0. The van der Waals surface area contributed by atoms with Gasteiger partial charge >= 0.3 is 5.82 Å². The zero-order chi connectivity index (χ0) is 18.0. The fourth-order valence-corrected chi connectivity index (χ4v) is 2.27. The monoisotopic (exact) mass is 361 g/mol. The molecule has 1 N–H and O–H groups in total. The van der Waals surface area contributed by atoms with Crippen LogP contribution in [-0.4, -0.2) is 32.0 Å². The van der Waals surface area contributed by atoms with Crippen LogP contribution >= 0.6 is 11.6 Å². The predicted molar refractivity (Wildman–Crippen MR) is 88.6 cm³/mol. The van der Waals surface area contributed by atoms with E-state index in [4.69, 9.17) is 16.3 Å². The summed E-state index contributed by atoms with van der Waals surface area (Å²) in [5, 5.41) is 26.0. The molecule has 128 valence electrons. The first-order valence-electron chi connectivity index (χ1n) is 7.01. The highest BCUT2D eigenvalue weighted by Crippen LogP contribution is 2.26. The van der Waals surface area contributed by atoms with Crippen molar-refractivity contribution in [1.29, 1.82) is 0 Å². The third-order valence-electron chi connectivity index (χ3n) is 3.30. The molecular weight excluding hydrogens is 350 g/mol. The molecule has 0 radical (unpaired) electrons. The largest absolute Gasteiger partial charge is 0.494 e. The van der Waals surface area contributed by atoms with Crippen LogP contribution in [0.3, 0.4) is 0 Å². The summed E-state index contributed by atoms with van der Waals surface area (Å²) in [5.74, 6) is -0.209. The van der Waals surface area contributed by atoms with Crippen LogP contribution in [0, 0.1) is 10.1 Å². The number of aromatic nitrogens is 3. The number of halogens is 1. The van der Waals surface area contributed by atoms with Gasteiger partial charge in [-0.15, -0.1) is 0 Å². The maximum Gasteiger partial charge on any atom is 0.438 e. The van der Waals surface area contributed by atoms with Gasteiger partial charge in [0.15, 0.2) is 0 Å². The van der Waals surface area contributed by atoms with Crippen molar-refractivity contribution in [2.75, 3.05) is 7.11 Å². The number of nitrogens with zero attached hydrogens (tertiary/aromatic N) is 5. The Labute approximate surface area is 146 Å². The average molecular weight is 362 g/mol. The Bertz CT molecular complexity index is 994. The summed E-state index contributed by atoms with van der Waals surface area (Å²) in [4.78, 5) is 16.2. The number of para-hydroxylation sites is 2. The van der Waals surface area contributed by atoms with Crippen molar-refractivity contribution < 1.29 is 14.9 Å². The molecule has 0 amide bonds. The fraction of sp³-hybridized carbons (Fsp3) is 0.0667. The molecule has 0 aliphatic rings. The lowest BCUT2D eigenvalue weighted by Gasteiger charge is -2.02. The van der Waals surface area contributed by atoms with Gasteiger partial charge in [0.1, 0.15) is 17.1 Å². The number of ether oxygens (including phenoxy) is 1. The second kappa shape index (κ2) is 6.65. The third kappa shape index (κ3) is 3.17. The topological polar surface area (TPSA) is 108 Å². The third-order valence-corrected chi connectivity index (χ3v) is 3.55. The van der Waals surface area contributed by atoms with Crippen molar-refractivity contribution in [3.63, 3.8) is 0 Å². The smallest absolute Gasteiger partial charge is 0.438 e. The van der Waals surface area contributed by atoms with E-state index in [2.05, 4.69) is 10.1 Å². The maximum atomic E-state index is 11.3. The molecule has 25 heavy (non-hydrogen) atoms. The molecule has 1 aromatic heterocycles. The lowest BCUT2D eigenvalue weighted by atomic mass is 10.3. The summed E-state index contributed by atoms with van der Waals surface area (Å²) in [7, 11) is 1.45. The zero-order valence-electron chi connectivity index (χ0n) is 12.9. The van der Waals surface area contributed by atoms with Crippen LogP contribution in [-0.2, 0) is 0 Å². The van der Waals surface area contributed by atoms with Gasteiger partial charge in [-0.05, 0) is 46.1 Å². The van der Waals surface area contributed by atoms with Crippen molar-refractivity contribution in [3.05, 3.63) is 69.2 Å². The van der Waals surface area contributed by atoms with Crippen LogP contribution in [0.4, 0.5) is 11.5 Å². The number of hydrogen-bond donors (Lipinski definition) is 1. The van der Waals surface area contributed by atoms with Crippen LogP contribution in [0.15, 0.2) is 53.5 Å². The van der Waals surface area contributed by atoms with Crippen molar-refractivity contribution in [2.24, 2.45) is 4.99 Å². The van der Waals surface area contributed by atoms with Gasteiger partial charge in [-0.2, -0.15) is 0 Å². The Kier molecular flexibility index (Phi) is 4.40. The van der Waals surface area contributed by atoms with Crippen LogP contribution in [0.1, 0.15) is 0 Å². The minimum atomic E-state index is -0.729. The molecule has 9 nitrogen and oxygen atoms in total. The Morgan fingerprint density at radius 2 is 1.92 bits per heavy atom. The van der Waals surface area contributed by atoms with Crippen molar-refractivity contribution in [2.45, 2.75) is 0 Å². The number of hydrogen-bond acceptors (Lipinski definition) is 6. The van der Waals surface area contributed by atoms with E-state index in [0.717, 1.165) is 4.80 Å². The van der Waals surface area contributed by atoms with Crippen LogP contribution in [0.2, 0.25) is 5.02 Å². The van der Waals surface area contributed by atoms with Crippen LogP contribution in [0.25, 0.3) is 5.69 Å². The predicted octanol–water partition coefficient (Wildman–Crippen LogP) is 2.71. The molecule has 0 saturated heterocycles. The quantitative estimate of drug-likeness (QED) is 0.436. The number of methoxy groups -OCH3 is 1. The Morgan fingerprint density at radius 1 is 1.24 bits per heavy atom. The first kappa shape index (κ1) is 16.5. The lowest BCUT2D eigenvalue weighted by Crippen LogP contribution is -2.22. The standard InChI is InChI=1S/C15H12ClN5O4/c1-25-13-5-3-2-4-12(13)17-14-15(21(23)24)18-19(20(14)22)11-8-6-10(16)7-9-11/h2-9,22H,1H3. The Balaban J connectivity index is 2.24. The summed E-state index contributed by atoms with van der Waals surface area (Å²) in [5.41, 5.74) is 0.340. The second-order valence-corrected chi connectivity index (χ2v) is 5.28. The minimum Gasteiger partial charge on any atom is -0.494 e. The number of nitro groups is 1. The molecule has 0 saturated carbocycles. The molecule has 0 unspecified atom stereocenters. The highest BCUT2D eigenvalue weighted by molar-refractivity contribution is 6.30. The van der Waals surface area contributed by atoms with Gasteiger partial charge in [0.2, 0.25) is 0 Å². The van der Waals surface area contributed by atoms with Gasteiger partial charge in [-0.25, -0.2) is 4.99 Å². The molecule has 0 aliphatic heterocycles. The van der Waals surface area contributed by atoms with Crippen LogP contribution in [0.5, 0.6) is 5.75 Å². The molecular formula is C15H12ClN5O4. The van der Waals surface area contributed by atoms with E-state index in [1.54, 1.807) is 48.5 Å². The normalized spacial score (nSPS) is 11.5. The van der Waals surface area contributed by atoms with Crippen molar-refractivity contribution in [3.8, 4) is 11.4 Å². The summed E-state index contributed by atoms with van der Waals surface area (Å²) in [6, 6.07) is 12.9. The van der Waals surface area contributed by atoms with Gasteiger partial charge in [-0.1, -0.05) is 28.6 Å². The lowest BCUT2D eigenvalue weighted by molar-refractivity contribution is -0.391. The van der Waals surface area contributed by atoms with E-state index in [9.17, 15) is 15.3 Å². The minimum absolute atomic E-state index is 0.312. The van der Waals surface area contributed by atoms with E-state index in [1.807, 2.05) is 0 Å². The number of benzene rings is 2. The average Bonchev–Trinajstić information content (AvgIpc) is 2.93. The van der Waals surface area contributed by atoms with Gasteiger partial charge in [0.05, 0.1) is 12.2 Å². The van der Waals surface area contributed by atoms with E-state index in [-0.39, 0.29) is 5.49 Å². The van der Waals surface area contributed by atoms with E-state index >= 15 is 0 Å². The summed E-state index contributed by atoms with van der Waals surface area (Å²) < 4.78 is 5.17. The van der Waals surface area contributed by atoms with Crippen molar-refractivity contribution in [1.82, 2.24) is 14.7 Å². The molecule has 0 spiro atoms. The summed E-state index contributed by atoms with van der Waals surface area (Å²) >= 11 is 5.83. The first-order valence-corrected chi connectivity index (χ1v) is 7.38. The molecule has 0 atom stereocenters. The van der Waals surface area contributed by atoms with Crippen molar-refractivity contribution >= 4 is 23.1 Å². The molecule has 10 heteroatoms. The molecule has 2 aromatic carbocycles. The first-order chi connectivity index (χ1) is 12.0. The van der Waals surface area contributed by atoms with Gasteiger partial charge < -0.3 is 20.1 Å². The Hall–Kier alpha value is -3.33. The maximum absolute atomic E-state index is 11.3. The van der Waals surface area contributed by atoms with Gasteiger partial charge in [0, 0.05) is 5.02 Å². The summed E-state index contributed by atoms with van der Waals surface area (Å²) in [6.45, 7) is 0. The highest BCUT2D eigenvalue weighted by Gasteiger charge is 2.24. The zero-order valence-corrected chi connectivity index (χ0v) is 13.7. The molecule has 0 fully saturated rings. The molecule has 3 aromatic rings. The van der Waals surface area contributed by atoms with Gasteiger partial charge in [0.25, 0.3) is 5.49 Å². The van der Waals surface area contributed by atoms with E-state index < -0.39 is 10.7 Å². The second-order valence-electron chi connectivity index (χ2n) is 4.84. The number of rotatable bonds is 4. The Morgan fingerprint density at radius 3 is 2.56 bits per heavy atom. The van der Waals surface area contributed by atoms with E-state index in [1.165, 1.54) is 7.11 Å². The molecule has 0 bridgehead atoms. The SMILES string of the molecule is COc1ccccc1N=c1c([N+](=O)[O-])nn(-c2ccc(Cl)cc2)n1O.